The van der Waals surface area contributed by atoms with E-state index in [4.69, 9.17) is 4.74 Å². The first kappa shape index (κ1) is 16.4. The first-order valence-electron chi connectivity index (χ1n) is 6.00. The Hall–Kier alpha value is -0.610. The lowest BCUT2D eigenvalue weighted by Gasteiger charge is -2.28. The van der Waals surface area contributed by atoms with E-state index in [-0.39, 0.29) is 18.3 Å². The molecule has 17 heavy (non-hydrogen) atoms. The average molecular weight is 246 g/mol. The molecule has 0 fully saturated rings. The van der Waals surface area contributed by atoms with Crippen molar-refractivity contribution in [2.75, 3.05) is 0 Å². The zero-order chi connectivity index (χ0) is 13.9. The topological polar surface area (TPSA) is 66.8 Å². The molecule has 0 unspecified atom stereocenters. The number of ether oxygens (including phenoxy) is 1. The molecule has 2 atom stereocenters. The second-order valence-corrected chi connectivity index (χ2v) is 6.56. The Balaban J connectivity index is 4.11. The van der Waals surface area contributed by atoms with Crippen LogP contribution in [0.1, 0.15) is 54.4 Å². The Labute approximate surface area is 104 Å². The van der Waals surface area contributed by atoms with E-state index in [1.54, 1.807) is 20.8 Å². The summed E-state index contributed by atoms with van der Waals surface area (Å²) in [4.78, 5) is 11.4. The van der Waals surface area contributed by atoms with Gasteiger partial charge in [0.1, 0.15) is 5.60 Å². The van der Waals surface area contributed by atoms with Crippen molar-refractivity contribution < 1.29 is 19.7 Å². The second kappa shape index (κ2) is 5.83. The molecule has 2 N–H and O–H groups in total. The van der Waals surface area contributed by atoms with Gasteiger partial charge in [0.25, 0.3) is 0 Å². The van der Waals surface area contributed by atoms with Crippen LogP contribution in [-0.2, 0) is 9.53 Å². The van der Waals surface area contributed by atoms with Gasteiger partial charge >= 0.3 is 5.97 Å². The molecule has 0 aliphatic rings. The summed E-state index contributed by atoms with van der Waals surface area (Å²) in [5.41, 5.74) is -0.839. The normalized spacial score (nSPS) is 16.5. The molecule has 0 saturated carbocycles. The highest BCUT2D eigenvalue weighted by Gasteiger charge is 2.27. The lowest BCUT2D eigenvalue weighted by molar-refractivity contribution is -0.157. The summed E-state index contributed by atoms with van der Waals surface area (Å²) in [6.45, 7) is 11.0. The first-order chi connectivity index (χ1) is 7.42. The summed E-state index contributed by atoms with van der Waals surface area (Å²) in [5, 5.41) is 19.5. The van der Waals surface area contributed by atoms with Crippen molar-refractivity contribution in [1.82, 2.24) is 0 Å². The average Bonchev–Trinajstić information content (AvgIpc) is 1.96. The molecule has 0 rings (SSSR count). The third-order valence-electron chi connectivity index (χ3n) is 2.32. The van der Waals surface area contributed by atoms with Crippen LogP contribution in [0.25, 0.3) is 0 Å². The van der Waals surface area contributed by atoms with E-state index in [1.807, 2.05) is 20.8 Å². The van der Waals surface area contributed by atoms with Crippen molar-refractivity contribution in [2.24, 2.45) is 5.41 Å². The van der Waals surface area contributed by atoms with Crippen LogP contribution in [-0.4, -0.2) is 34.0 Å². The summed E-state index contributed by atoms with van der Waals surface area (Å²) >= 11 is 0. The molecule has 4 heteroatoms. The van der Waals surface area contributed by atoms with Gasteiger partial charge in [-0.2, -0.15) is 0 Å². The minimum Gasteiger partial charge on any atom is -0.460 e. The van der Waals surface area contributed by atoms with Crippen molar-refractivity contribution in [3.63, 3.8) is 0 Å². The van der Waals surface area contributed by atoms with Crippen LogP contribution in [0, 0.1) is 5.41 Å². The molecule has 0 bridgehead atoms. The number of aliphatic hydroxyl groups is 2. The predicted molar refractivity (Wildman–Crippen MR) is 66.5 cm³/mol. The molecule has 0 radical (unpaired) electrons. The van der Waals surface area contributed by atoms with Crippen LogP contribution in [0.3, 0.4) is 0 Å². The van der Waals surface area contributed by atoms with Gasteiger partial charge in [0.05, 0.1) is 18.6 Å². The van der Waals surface area contributed by atoms with Crippen molar-refractivity contribution in [3.05, 3.63) is 0 Å². The van der Waals surface area contributed by atoms with Crippen molar-refractivity contribution in [1.29, 1.82) is 0 Å². The largest absolute Gasteiger partial charge is 0.460 e. The predicted octanol–water partition coefficient (Wildman–Crippen LogP) is 1.88. The minimum absolute atomic E-state index is 0.0790. The highest BCUT2D eigenvalue weighted by molar-refractivity contribution is 5.70. The van der Waals surface area contributed by atoms with E-state index in [2.05, 4.69) is 0 Å². The van der Waals surface area contributed by atoms with E-state index in [9.17, 15) is 15.0 Å². The summed E-state index contributed by atoms with van der Waals surface area (Å²) in [7, 11) is 0. The standard InChI is InChI=1S/C13H26O4/c1-12(2,3)10(15)7-9(14)8-11(16)17-13(4,5)6/h9-10,14-15H,7-8H2,1-6H3/t9-,10+/m1/s1. The van der Waals surface area contributed by atoms with Crippen molar-refractivity contribution in [2.45, 2.75) is 72.2 Å². The number of carbonyl (C=O) groups excluding carboxylic acids is 1. The zero-order valence-corrected chi connectivity index (χ0v) is 11.8. The molecule has 102 valence electrons. The van der Waals surface area contributed by atoms with E-state index in [1.165, 1.54) is 0 Å². The van der Waals surface area contributed by atoms with E-state index in [0.717, 1.165) is 0 Å². The third kappa shape index (κ3) is 8.16. The molecule has 0 aliphatic carbocycles. The quantitative estimate of drug-likeness (QED) is 0.743. The van der Waals surface area contributed by atoms with Crippen LogP contribution in [0.5, 0.6) is 0 Å². The highest BCUT2D eigenvalue weighted by Crippen LogP contribution is 2.23. The van der Waals surface area contributed by atoms with Crippen LogP contribution in [0.15, 0.2) is 0 Å². The zero-order valence-electron chi connectivity index (χ0n) is 11.8. The summed E-state index contributed by atoms with van der Waals surface area (Å²) in [6, 6.07) is 0. The first-order valence-corrected chi connectivity index (χ1v) is 6.00. The fourth-order valence-electron chi connectivity index (χ4n) is 1.27. The van der Waals surface area contributed by atoms with Crippen LogP contribution < -0.4 is 0 Å². The van der Waals surface area contributed by atoms with Gasteiger partial charge in [-0.15, -0.1) is 0 Å². The summed E-state index contributed by atoms with van der Waals surface area (Å²) in [5.74, 6) is -0.439. The highest BCUT2D eigenvalue weighted by atomic mass is 16.6. The van der Waals surface area contributed by atoms with E-state index < -0.39 is 23.8 Å². The van der Waals surface area contributed by atoms with Crippen molar-refractivity contribution >= 4 is 5.97 Å². The maximum atomic E-state index is 11.4. The number of aliphatic hydroxyl groups excluding tert-OH is 2. The lowest BCUT2D eigenvalue weighted by Crippen LogP contribution is -2.32. The van der Waals surface area contributed by atoms with Gasteiger partial charge in [0.2, 0.25) is 0 Å². The molecule has 0 spiro atoms. The Kier molecular flexibility index (Phi) is 5.62. The van der Waals surface area contributed by atoms with Gasteiger partial charge in [0, 0.05) is 6.42 Å². The van der Waals surface area contributed by atoms with Crippen LogP contribution in [0.4, 0.5) is 0 Å². The molecule has 0 aromatic carbocycles. The van der Waals surface area contributed by atoms with E-state index in [0.29, 0.717) is 0 Å². The maximum Gasteiger partial charge on any atom is 0.308 e. The van der Waals surface area contributed by atoms with Gasteiger partial charge in [-0.1, -0.05) is 20.8 Å². The monoisotopic (exact) mass is 246 g/mol. The summed E-state index contributed by atoms with van der Waals surface area (Å²) < 4.78 is 5.09. The van der Waals surface area contributed by atoms with Gasteiger partial charge in [-0.25, -0.2) is 0 Å². The number of esters is 1. The van der Waals surface area contributed by atoms with Crippen molar-refractivity contribution in [3.8, 4) is 0 Å². The third-order valence-corrected chi connectivity index (χ3v) is 2.32. The molecular formula is C13H26O4. The number of hydrogen-bond acceptors (Lipinski definition) is 4. The van der Waals surface area contributed by atoms with Crippen LogP contribution in [0.2, 0.25) is 0 Å². The number of carbonyl (C=O) groups is 1. The molecule has 4 nitrogen and oxygen atoms in total. The van der Waals surface area contributed by atoms with Gasteiger partial charge in [-0.05, 0) is 26.2 Å². The van der Waals surface area contributed by atoms with Crippen LogP contribution >= 0.6 is 0 Å². The van der Waals surface area contributed by atoms with Gasteiger partial charge in [0.15, 0.2) is 0 Å². The Morgan fingerprint density at radius 3 is 1.94 bits per heavy atom. The smallest absolute Gasteiger partial charge is 0.308 e. The Morgan fingerprint density at radius 1 is 1.12 bits per heavy atom. The molecule has 0 aromatic heterocycles. The van der Waals surface area contributed by atoms with Gasteiger partial charge < -0.3 is 14.9 Å². The number of rotatable bonds is 4. The molecule has 0 saturated heterocycles. The molecule has 0 heterocycles. The fourth-order valence-corrected chi connectivity index (χ4v) is 1.27. The minimum atomic E-state index is -0.862. The molecule has 0 aromatic rings. The number of hydrogen-bond donors (Lipinski definition) is 2. The summed E-state index contributed by atoms with van der Waals surface area (Å²) in [6.07, 6.45) is -1.40. The van der Waals surface area contributed by atoms with E-state index >= 15 is 0 Å². The maximum absolute atomic E-state index is 11.4. The SMILES string of the molecule is CC(C)(C)OC(=O)C[C@H](O)C[C@H](O)C(C)(C)C. The molecule has 0 aliphatic heterocycles. The second-order valence-electron chi connectivity index (χ2n) is 6.56. The lowest BCUT2D eigenvalue weighted by atomic mass is 9.85. The fraction of sp³-hybridized carbons (Fsp3) is 0.923. The molecular weight excluding hydrogens is 220 g/mol. The Bertz CT molecular complexity index is 247. The Morgan fingerprint density at radius 2 is 1.59 bits per heavy atom. The molecule has 0 amide bonds. The van der Waals surface area contributed by atoms with Gasteiger partial charge in [-0.3, -0.25) is 4.79 Å².